The molecular weight excluding hydrogens is 247 g/mol. The number of hydrogen-bond donors (Lipinski definition) is 1. The van der Waals surface area contributed by atoms with Crippen LogP contribution in [0.2, 0.25) is 0 Å². The van der Waals surface area contributed by atoms with Gasteiger partial charge in [0.2, 0.25) is 0 Å². The third kappa shape index (κ3) is 2.71. The van der Waals surface area contributed by atoms with E-state index in [2.05, 4.69) is 0 Å². The topological polar surface area (TPSA) is 55.6 Å². The van der Waals surface area contributed by atoms with Crippen LogP contribution in [0.25, 0.3) is 0 Å². The maximum atomic E-state index is 13.6. The van der Waals surface area contributed by atoms with E-state index < -0.39 is 12.3 Å². The zero-order valence-corrected chi connectivity index (χ0v) is 11.2. The fraction of sp³-hybridized carbons (Fsp3) is 0.500. The monoisotopic (exact) mass is 266 g/mol. The van der Waals surface area contributed by atoms with Crippen molar-refractivity contribution in [1.29, 1.82) is 0 Å². The molecule has 5 heteroatoms. The Hall–Kier alpha value is -1.62. The van der Waals surface area contributed by atoms with E-state index in [1.54, 1.807) is 13.0 Å². The second-order valence-electron chi connectivity index (χ2n) is 4.91. The van der Waals surface area contributed by atoms with Gasteiger partial charge in [-0.3, -0.25) is 4.90 Å². The maximum Gasteiger partial charge on any atom is 0.410 e. The lowest BCUT2D eigenvalue weighted by atomic mass is 9.87. The van der Waals surface area contributed by atoms with E-state index in [9.17, 15) is 9.18 Å². The summed E-state index contributed by atoms with van der Waals surface area (Å²) in [7, 11) is 1.34. The first kappa shape index (κ1) is 13.8. The smallest absolute Gasteiger partial charge is 0.410 e. The van der Waals surface area contributed by atoms with Crippen LogP contribution in [-0.4, -0.2) is 30.8 Å². The Morgan fingerprint density at radius 2 is 2.26 bits per heavy atom. The quantitative estimate of drug-likeness (QED) is 0.849. The Morgan fingerprint density at radius 3 is 2.89 bits per heavy atom. The highest BCUT2D eigenvalue weighted by Gasteiger charge is 2.33. The number of carbonyl (C=O) groups excluding carboxylic acids is 1. The van der Waals surface area contributed by atoms with Gasteiger partial charge in [-0.15, -0.1) is 0 Å². The molecule has 2 rings (SSSR count). The zero-order chi connectivity index (χ0) is 14.0. The molecule has 2 unspecified atom stereocenters. The molecule has 0 spiro atoms. The van der Waals surface area contributed by atoms with Crippen molar-refractivity contribution < 1.29 is 13.9 Å². The number of ether oxygens (including phenoxy) is 1. The lowest BCUT2D eigenvalue weighted by Crippen LogP contribution is -2.52. The summed E-state index contributed by atoms with van der Waals surface area (Å²) in [5.74, 6) is -0.289. The Balaban J connectivity index is 2.23. The summed E-state index contributed by atoms with van der Waals surface area (Å²) in [4.78, 5) is 13.1. The third-order valence-electron chi connectivity index (χ3n) is 3.72. The van der Waals surface area contributed by atoms with Crippen molar-refractivity contribution in [3.8, 4) is 0 Å². The molecule has 2 atom stereocenters. The van der Waals surface area contributed by atoms with E-state index in [1.807, 2.05) is 6.07 Å². The SMILES string of the molecule is COC(=O)N1CCCC(c2ccc(C)c(F)c2)C1N. The number of nitrogens with two attached hydrogens (primary N) is 1. The number of piperidine rings is 1. The van der Waals surface area contributed by atoms with E-state index >= 15 is 0 Å². The second kappa shape index (κ2) is 5.57. The maximum absolute atomic E-state index is 13.6. The number of likely N-dealkylation sites (tertiary alicyclic amines) is 1. The van der Waals surface area contributed by atoms with E-state index in [-0.39, 0.29) is 11.7 Å². The zero-order valence-electron chi connectivity index (χ0n) is 11.2. The van der Waals surface area contributed by atoms with Crippen LogP contribution in [-0.2, 0) is 4.74 Å². The van der Waals surface area contributed by atoms with Gasteiger partial charge >= 0.3 is 6.09 Å². The number of aryl methyl sites for hydroxylation is 1. The average Bonchev–Trinajstić information content (AvgIpc) is 2.41. The van der Waals surface area contributed by atoms with Gasteiger partial charge < -0.3 is 10.5 Å². The lowest BCUT2D eigenvalue weighted by molar-refractivity contribution is 0.0830. The second-order valence-corrected chi connectivity index (χ2v) is 4.91. The molecule has 0 aliphatic carbocycles. The lowest BCUT2D eigenvalue weighted by Gasteiger charge is -2.38. The number of amides is 1. The molecule has 1 aliphatic rings. The molecule has 1 saturated heterocycles. The molecule has 1 fully saturated rings. The summed E-state index contributed by atoms with van der Waals surface area (Å²) in [6.45, 7) is 2.30. The number of benzene rings is 1. The average molecular weight is 266 g/mol. The van der Waals surface area contributed by atoms with Crippen molar-refractivity contribution in [1.82, 2.24) is 4.90 Å². The normalized spacial score (nSPS) is 23.3. The summed E-state index contributed by atoms with van der Waals surface area (Å²) in [6.07, 6.45) is 0.785. The minimum atomic E-state index is -0.469. The van der Waals surface area contributed by atoms with Crippen molar-refractivity contribution in [2.75, 3.05) is 13.7 Å². The molecule has 1 aromatic rings. The summed E-state index contributed by atoms with van der Waals surface area (Å²) < 4.78 is 18.4. The molecule has 0 radical (unpaired) electrons. The summed E-state index contributed by atoms with van der Waals surface area (Å²) in [5, 5.41) is 0. The van der Waals surface area contributed by atoms with Crippen LogP contribution in [0.1, 0.15) is 29.9 Å². The van der Waals surface area contributed by atoms with Gasteiger partial charge in [0.05, 0.1) is 13.3 Å². The third-order valence-corrected chi connectivity index (χ3v) is 3.72. The van der Waals surface area contributed by atoms with E-state index in [1.165, 1.54) is 18.1 Å². The summed E-state index contributed by atoms with van der Waals surface area (Å²) in [5.41, 5.74) is 7.57. The van der Waals surface area contributed by atoms with Gasteiger partial charge in [0.25, 0.3) is 0 Å². The molecule has 0 aromatic heterocycles. The van der Waals surface area contributed by atoms with Crippen LogP contribution < -0.4 is 5.73 Å². The predicted octanol–water partition coefficient (Wildman–Crippen LogP) is 2.36. The highest BCUT2D eigenvalue weighted by atomic mass is 19.1. The number of nitrogens with zero attached hydrogens (tertiary/aromatic N) is 1. The van der Waals surface area contributed by atoms with Gasteiger partial charge in [-0.05, 0) is 37.0 Å². The first-order chi connectivity index (χ1) is 9.04. The van der Waals surface area contributed by atoms with Crippen molar-refractivity contribution in [3.63, 3.8) is 0 Å². The van der Waals surface area contributed by atoms with Crippen LogP contribution in [0.5, 0.6) is 0 Å². The van der Waals surface area contributed by atoms with Crippen LogP contribution in [0, 0.1) is 12.7 Å². The Kier molecular flexibility index (Phi) is 4.04. The Labute approximate surface area is 112 Å². The number of carbonyl (C=O) groups is 1. The van der Waals surface area contributed by atoms with Crippen molar-refractivity contribution in [3.05, 3.63) is 35.1 Å². The first-order valence-electron chi connectivity index (χ1n) is 6.41. The molecule has 4 nitrogen and oxygen atoms in total. The molecule has 1 aromatic carbocycles. The van der Waals surface area contributed by atoms with Crippen LogP contribution in [0.3, 0.4) is 0 Å². The molecule has 1 amide bonds. The highest BCUT2D eigenvalue weighted by Crippen LogP contribution is 2.31. The standard InChI is InChI=1S/C14H19FN2O2/c1-9-5-6-10(8-12(9)15)11-4-3-7-17(13(11)16)14(18)19-2/h5-6,8,11,13H,3-4,7,16H2,1-2H3. The first-order valence-corrected chi connectivity index (χ1v) is 6.41. The van der Waals surface area contributed by atoms with Crippen LogP contribution in [0.4, 0.5) is 9.18 Å². The fourth-order valence-electron chi connectivity index (χ4n) is 2.55. The molecule has 104 valence electrons. The van der Waals surface area contributed by atoms with Gasteiger partial charge in [0.15, 0.2) is 0 Å². The molecule has 0 bridgehead atoms. The molecule has 0 saturated carbocycles. The molecule has 1 heterocycles. The van der Waals surface area contributed by atoms with Gasteiger partial charge in [-0.2, -0.15) is 0 Å². The summed E-state index contributed by atoms with van der Waals surface area (Å²) in [6, 6.07) is 5.14. The van der Waals surface area contributed by atoms with Crippen molar-refractivity contribution in [2.45, 2.75) is 31.8 Å². The van der Waals surface area contributed by atoms with E-state index in [4.69, 9.17) is 10.5 Å². The summed E-state index contributed by atoms with van der Waals surface area (Å²) >= 11 is 0. The molecule has 2 N–H and O–H groups in total. The van der Waals surface area contributed by atoms with E-state index in [0.717, 1.165) is 18.4 Å². The molecular formula is C14H19FN2O2. The van der Waals surface area contributed by atoms with Gasteiger partial charge in [0.1, 0.15) is 5.82 Å². The van der Waals surface area contributed by atoms with Gasteiger partial charge in [-0.25, -0.2) is 9.18 Å². The molecule has 1 aliphatic heterocycles. The van der Waals surface area contributed by atoms with Gasteiger partial charge in [-0.1, -0.05) is 12.1 Å². The Morgan fingerprint density at radius 1 is 1.53 bits per heavy atom. The van der Waals surface area contributed by atoms with E-state index in [0.29, 0.717) is 12.1 Å². The largest absolute Gasteiger partial charge is 0.453 e. The number of halogens is 1. The van der Waals surface area contributed by atoms with Crippen molar-refractivity contribution in [2.24, 2.45) is 5.73 Å². The Bertz CT molecular complexity index is 479. The van der Waals surface area contributed by atoms with Gasteiger partial charge in [0, 0.05) is 12.5 Å². The van der Waals surface area contributed by atoms with Crippen LogP contribution in [0.15, 0.2) is 18.2 Å². The van der Waals surface area contributed by atoms with Crippen molar-refractivity contribution >= 4 is 6.09 Å². The fourth-order valence-corrected chi connectivity index (χ4v) is 2.55. The molecule has 19 heavy (non-hydrogen) atoms. The number of hydrogen-bond acceptors (Lipinski definition) is 3. The number of rotatable bonds is 1. The minimum absolute atomic E-state index is 0.0528. The number of methoxy groups -OCH3 is 1. The van der Waals surface area contributed by atoms with Crippen LogP contribution >= 0.6 is 0 Å². The predicted molar refractivity (Wildman–Crippen MR) is 70.2 cm³/mol. The minimum Gasteiger partial charge on any atom is -0.453 e. The highest BCUT2D eigenvalue weighted by molar-refractivity contribution is 5.68.